The van der Waals surface area contributed by atoms with Crippen LogP contribution in [-0.2, 0) is 0 Å². The van der Waals surface area contributed by atoms with Gasteiger partial charge in [0.25, 0.3) is 0 Å². The summed E-state index contributed by atoms with van der Waals surface area (Å²) in [6.45, 7) is 4.33. The molecule has 86 valence electrons. The van der Waals surface area contributed by atoms with Crippen molar-refractivity contribution in [2.24, 2.45) is 11.1 Å². The third-order valence-electron chi connectivity index (χ3n) is 2.37. The lowest BCUT2D eigenvalue weighted by Gasteiger charge is -2.02. The minimum atomic E-state index is 0.627. The standard InChI is InChI=1S/C14H19NO/c1-12(2)8-10-14(15-16)11-9-13-6-4-3-5-7-13/h3-7,9,11-12,16H,8,10H2,1-2H3/b11-9+,15-14+. The summed E-state index contributed by atoms with van der Waals surface area (Å²) in [5, 5.41) is 12.2. The Labute approximate surface area is 97.3 Å². The van der Waals surface area contributed by atoms with E-state index in [1.165, 1.54) is 0 Å². The molecule has 0 spiro atoms. The van der Waals surface area contributed by atoms with Crippen molar-refractivity contribution in [3.8, 4) is 0 Å². The fourth-order valence-electron chi connectivity index (χ4n) is 1.36. The van der Waals surface area contributed by atoms with E-state index in [9.17, 15) is 0 Å². The maximum absolute atomic E-state index is 8.85. The molecule has 0 atom stereocenters. The number of rotatable bonds is 5. The van der Waals surface area contributed by atoms with Crippen LogP contribution < -0.4 is 0 Å². The second-order valence-corrected chi connectivity index (χ2v) is 4.27. The van der Waals surface area contributed by atoms with Crippen LogP contribution in [0.15, 0.2) is 41.6 Å². The molecule has 0 aromatic heterocycles. The molecule has 1 aromatic rings. The van der Waals surface area contributed by atoms with Crippen molar-refractivity contribution in [2.45, 2.75) is 26.7 Å². The monoisotopic (exact) mass is 217 g/mol. The second kappa shape index (κ2) is 6.83. The molecule has 0 unspecified atom stereocenters. The average Bonchev–Trinajstić information content (AvgIpc) is 2.30. The molecule has 2 heteroatoms. The van der Waals surface area contributed by atoms with E-state index in [2.05, 4.69) is 19.0 Å². The van der Waals surface area contributed by atoms with Gasteiger partial charge in [-0.2, -0.15) is 0 Å². The first-order chi connectivity index (χ1) is 7.72. The molecular formula is C14H19NO. The highest BCUT2D eigenvalue weighted by atomic mass is 16.4. The second-order valence-electron chi connectivity index (χ2n) is 4.27. The Balaban J connectivity index is 2.54. The number of nitrogens with zero attached hydrogens (tertiary/aromatic N) is 1. The quantitative estimate of drug-likeness (QED) is 0.452. The summed E-state index contributed by atoms with van der Waals surface area (Å²) in [5.41, 5.74) is 1.85. The number of benzene rings is 1. The van der Waals surface area contributed by atoms with Crippen LogP contribution in [0.25, 0.3) is 6.08 Å². The van der Waals surface area contributed by atoms with Crippen molar-refractivity contribution in [1.82, 2.24) is 0 Å². The summed E-state index contributed by atoms with van der Waals surface area (Å²) in [7, 11) is 0. The summed E-state index contributed by atoms with van der Waals surface area (Å²) in [5.74, 6) is 0.627. The van der Waals surface area contributed by atoms with Crippen LogP contribution in [0.5, 0.6) is 0 Å². The van der Waals surface area contributed by atoms with Crippen molar-refractivity contribution in [2.75, 3.05) is 0 Å². The third kappa shape index (κ3) is 4.78. The minimum Gasteiger partial charge on any atom is -0.411 e. The molecule has 0 aliphatic heterocycles. The number of allylic oxidation sites excluding steroid dienone is 1. The third-order valence-corrected chi connectivity index (χ3v) is 2.37. The molecule has 0 aliphatic carbocycles. The Bertz CT molecular complexity index is 352. The van der Waals surface area contributed by atoms with Crippen molar-refractivity contribution >= 4 is 11.8 Å². The van der Waals surface area contributed by atoms with Crippen LogP contribution in [0.1, 0.15) is 32.3 Å². The summed E-state index contributed by atoms with van der Waals surface area (Å²) >= 11 is 0. The molecule has 0 amide bonds. The highest BCUT2D eigenvalue weighted by Crippen LogP contribution is 2.07. The van der Waals surface area contributed by atoms with Crippen molar-refractivity contribution in [1.29, 1.82) is 0 Å². The van der Waals surface area contributed by atoms with E-state index in [1.807, 2.05) is 42.5 Å². The molecule has 1 aromatic carbocycles. The van der Waals surface area contributed by atoms with E-state index in [0.29, 0.717) is 5.92 Å². The summed E-state index contributed by atoms with van der Waals surface area (Å²) in [6.07, 6.45) is 5.70. The van der Waals surface area contributed by atoms with Gasteiger partial charge < -0.3 is 5.21 Å². The highest BCUT2D eigenvalue weighted by molar-refractivity contribution is 5.97. The highest BCUT2D eigenvalue weighted by Gasteiger charge is 1.98. The van der Waals surface area contributed by atoms with E-state index in [1.54, 1.807) is 0 Å². The van der Waals surface area contributed by atoms with E-state index in [4.69, 9.17) is 5.21 Å². The maximum Gasteiger partial charge on any atom is 0.0796 e. The van der Waals surface area contributed by atoms with Crippen LogP contribution in [-0.4, -0.2) is 10.9 Å². The normalized spacial score (nSPS) is 12.6. The molecule has 0 heterocycles. The maximum atomic E-state index is 8.85. The van der Waals surface area contributed by atoms with Gasteiger partial charge >= 0.3 is 0 Å². The van der Waals surface area contributed by atoms with Gasteiger partial charge in [-0.3, -0.25) is 0 Å². The van der Waals surface area contributed by atoms with Gasteiger partial charge in [-0.1, -0.05) is 55.4 Å². The zero-order chi connectivity index (χ0) is 11.8. The SMILES string of the molecule is CC(C)CCC(/C=C/c1ccccc1)=N\O. The van der Waals surface area contributed by atoms with Gasteiger partial charge in [0.1, 0.15) is 0 Å². The molecular weight excluding hydrogens is 198 g/mol. The van der Waals surface area contributed by atoms with Gasteiger partial charge in [0.15, 0.2) is 0 Å². The van der Waals surface area contributed by atoms with Crippen molar-refractivity contribution < 1.29 is 5.21 Å². The molecule has 0 saturated heterocycles. The number of oxime groups is 1. The van der Waals surface area contributed by atoms with Crippen molar-refractivity contribution in [3.63, 3.8) is 0 Å². The van der Waals surface area contributed by atoms with Crippen molar-refractivity contribution in [3.05, 3.63) is 42.0 Å². The average molecular weight is 217 g/mol. The first-order valence-electron chi connectivity index (χ1n) is 5.66. The predicted molar refractivity (Wildman–Crippen MR) is 68.8 cm³/mol. The van der Waals surface area contributed by atoms with Gasteiger partial charge in [-0.05, 0) is 30.4 Å². The molecule has 0 radical (unpaired) electrons. The Hall–Kier alpha value is -1.57. The Morgan fingerprint density at radius 1 is 1.31 bits per heavy atom. The van der Waals surface area contributed by atoms with E-state index in [0.717, 1.165) is 24.1 Å². The van der Waals surface area contributed by atoms with E-state index < -0.39 is 0 Å². The van der Waals surface area contributed by atoms with E-state index in [-0.39, 0.29) is 0 Å². The van der Waals surface area contributed by atoms with Gasteiger partial charge in [-0.15, -0.1) is 0 Å². The minimum absolute atomic E-state index is 0.627. The van der Waals surface area contributed by atoms with Crippen LogP contribution in [0.4, 0.5) is 0 Å². The number of hydrogen-bond donors (Lipinski definition) is 1. The fraction of sp³-hybridized carbons (Fsp3) is 0.357. The van der Waals surface area contributed by atoms with Crippen LogP contribution in [0, 0.1) is 5.92 Å². The fourth-order valence-corrected chi connectivity index (χ4v) is 1.36. The Morgan fingerprint density at radius 3 is 2.56 bits per heavy atom. The number of hydrogen-bond acceptors (Lipinski definition) is 2. The lowest BCUT2D eigenvalue weighted by atomic mass is 10.0. The summed E-state index contributed by atoms with van der Waals surface area (Å²) in [6, 6.07) is 10.0. The van der Waals surface area contributed by atoms with Gasteiger partial charge in [-0.25, -0.2) is 0 Å². The summed E-state index contributed by atoms with van der Waals surface area (Å²) < 4.78 is 0. The molecule has 1 rings (SSSR count). The van der Waals surface area contributed by atoms with Crippen LogP contribution in [0.3, 0.4) is 0 Å². The van der Waals surface area contributed by atoms with Gasteiger partial charge in [0.05, 0.1) is 5.71 Å². The first kappa shape index (κ1) is 12.5. The molecule has 16 heavy (non-hydrogen) atoms. The molecule has 1 N–H and O–H groups in total. The summed E-state index contributed by atoms with van der Waals surface area (Å²) in [4.78, 5) is 0. The van der Waals surface area contributed by atoms with Crippen LogP contribution in [0.2, 0.25) is 0 Å². The lowest BCUT2D eigenvalue weighted by Crippen LogP contribution is -1.97. The molecule has 0 bridgehead atoms. The zero-order valence-corrected chi connectivity index (χ0v) is 9.93. The molecule has 0 aliphatic rings. The van der Waals surface area contributed by atoms with Crippen LogP contribution >= 0.6 is 0 Å². The first-order valence-corrected chi connectivity index (χ1v) is 5.66. The Morgan fingerprint density at radius 2 is 2.00 bits per heavy atom. The van der Waals surface area contributed by atoms with E-state index >= 15 is 0 Å². The predicted octanol–water partition coefficient (Wildman–Crippen LogP) is 3.97. The largest absolute Gasteiger partial charge is 0.411 e. The topological polar surface area (TPSA) is 32.6 Å². The smallest absolute Gasteiger partial charge is 0.0796 e. The van der Waals surface area contributed by atoms with Gasteiger partial charge in [0.2, 0.25) is 0 Å². The Kier molecular flexibility index (Phi) is 5.34. The molecule has 0 saturated carbocycles. The van der Waals surface area contributed by atoms with Gasteiger partial charge in [0, 0.05) is 0 Å². The zero-order valence-electron chi connectivity index (χ0n) is 9.93. The molecule has 2 nitrogen and oxygen atoms in total. The molecule has 0 fully saturated rings. The lowest BCUT2D eigenvalue weighted by molar-refractivity contribution is 0.317.